The van der Waals surface area contributed by atoms with Crippen LogP contribution in [0, 0.1) is 5.92 Å². The van der Waals surface area contributed by atoms with Gasteiger partial charge in [0.1, 0.15) is 13.2 Å². The van der Waals surface area contributed by atoms with Crippen LogP contribution in [-0.4, -0.2) is 49.7 Å². The summed E-state index contributed by atoms with van der Waals surface area (Å²) < 4.78 is 11.4. The number of amides is 1. The number of hydrogen-bond acceptors (Lipinski definition) is 4. The van der Waals surface area contributed by atoms with E-state index in [0.717, 1.165) is 44.0 Å². The average Bonchev–Trinajstić information content (AvgIpc) is 3.21. The Hall–Kier alpha value is -1.75. The molecule has 1 aromatic rings. The van der Waals surface area contributed by atoms with E-state index in [1.165, 1.54) is 37.7 Å². The van der Waals surface area contributed by atoms with Crippen molar-refractivity contribution in [2.45, 2.75) is 71.3 Å². The van der Waals surface area contributed by atoms with Gasteiger partial charge < -0.3 is 19.7 Å². The summed E-state index contributed by atoms with van der Waals surface area (Å²) in [4.78, 5) is 15.2. The number of hydrogen-bond donors (Lipinski definition) is 1. The Kier molecular flexibility index (Phi) is 8.66. The van der Waals surface area contributed by atoms with Crippen LogP contribution in [0.4, 0.5) is 0 Å². The molecule has 0 radical (unpaired) electrons. The summed E-state index contributed by atoms with van der Waals surface area (Å²) >= 11 is 0. The van der Waals surface area contributed by atoms with Crippen molar-refractivity contribution in [2.75, 3.05) is 32.8 Å². The second kappa shape index (κ2) is 11.4. The molecule has 1 fully saturated rings. The van der Waals surface area contributed by atoms with Crippen LogP contribution in [0.3, 0.4) is 0 Å². The van der Waals surface area contributed by atoms with Gasteiger partial charge in [-0.2, -0.15) is 0 Å². The van der Waals surface area contributed by atoms with Crippen molar-refractivity contribution in [2.24, 2.45) is 5.92 Å². The summed E-state index contributed by atoms with van der Waals surface area (Å²) in [6.45, 7) is 8.83. The molecule has 1 aromatic carbocycles. The molecule has 29 heavy (non-hydrogen) atoms. The molecule has 0 spiro atoms. The smallest absolute Gasteiger partial charge is 0.220 e. The quantitative estimate of drug-likeness (QED) is 0.564. The Labute approximate surface area is 176 Å². The maximum absolute atomic E-state index is 12.7. The minimum absolute atomic E-state index is 0.131. The minimum atomic E-state index is 0.131. The normalized spacial score (nSPS) is 18.4. The van der Waals surface area contributed by atoms with Gasteiger partial charge >= 0.3 is 0 Å². The third-order valence-electron chi connectivity index (χ3n) is 5.97. The first-order valence-corrected chi connectivity index (χ1v) is 11.5. The third kappa shape index (κ3) is 7.22. The molecule has 0 saturated carbocycles. The molecule has 1 amide bonds. The second-order valence-electron chi connectivity index (χ2n) is 8.76. The van der Waals surface area contributed by atoms with Gasteiger partial charge in [-0.25, -0.2) is 0 Å². The van der Waals surface area contributed by atoms with Gasteiger partial charge in [0.15, 0.2) is 11.5 Å². The lowest BCUT2D eigenvalue weighted by Crippen LogP contribution is -2.44. The molecule has 2 aliphatic rings. The average molecular weight is 403 g/mol. The molecule has 5 nitrogen and oxygen atoms in total. The summed E-state index contributed by atoms with van der Waals surface area (Å²) in [7, 11) is 0. The molecule has 162 valence electrons. The molecule has 0 aromatic heterocycles. The first-order valence-electron chi connectivity index (χ1n) is 11.5. The number of rotatable bonds is 11. The van der Waals surface area contributed by atoms with Crippen molar-refractivity contribution in [3.05, 3.63) is 23.8 Å². The number of fused-ring (bicyclic) bond motifs is 1. The highest BCUT2D eigenvalue weighted by atomic mass is 16.6. The molecular weight excluding hydrogens is 364 g/mol. The van der Waals surface area contributed by atoms with Crippen LogP contribution in [0.15, 0.2) is 18.2 Å². The fraction of sp³-hybridized carbons (Fsp3) is 0.708. The van der Waals surface area contributed by atoms with Crippen LogP contribution in [0.5, 0.6) is 11.5 Å². The van der Waals surface area contributed by atoms with Crippen LogP contribution in [0.2, 0.25) is 0 Å². The van der Waals surface area contributed by atoms with Gasteiger partial charge in [-0.15, -0.1) is 0 Å². The molecule has 5 heteroatoms. The molecule has 2 atom stereocenters. The molecule has 0 bridgehead atoms. The number of carbonyl (C=O) groups is 1. The predicted octanol–water partition coefficient (Wildman–Crippen LogP) is 4.19. The number of carbonyl (C=O) groups excluding carboxylic acids is 1. The standard InChI is InChI=1S/C24H38N2O3/c1-3-4-5-8-19(2)15-24(27)25-21(18-26-11-6-7-12-26)16-20-9-10-22-23(17-20)29-14-13-28-22/h9-10,17,19,21H,3-8,11-16,18H2,1-2H3,(H,25,27)/t19?,21-/m0/s1. The number of unbranched alkanes of at least 4 members (excludes halogenated alkanes) is 2. The molecule has 1 N–H and O–H groups in total. The van der Waals surface area contributed by atoms with Crippen molar-refractivity contribution in [1.29, 1.82) is 0 Å². The third-order valence-corrected chi connectivity index (χ3v) is 5.97. The minimum Gasteiger partial charge on any atom is -0.486 e. The van der Waals surface area contributed by atoms with Crippen LogP contribution >= 0.6 is 0 Å². The fourth-order valence-corrected chi connectivity index (χ4v) is 4.39. The molecular formula is C24H38N2O3. The van der Waals surface area contributed by atoms with E-state index < -0.39 is 0 Å². The number of nitrogens with one attached hydrogen (secondary N) is 1. The Balaban J connectivity index is 1.57. The van der Waals surface area contributed by atoms with Crippen molar-refractivity contribution in [3.63, 3.8) is 0 Å². The Bertz CT molecular complexity index is 643. The lowest BCUT2D eigenvalue weighted by Gasteiger charge is -2.26. The first-order chi connectivity index (χ1) is 14.1. The van der Waals surface area contributed by atoms with E-state index in [1.54, 1.807) is 0 Å². The molecule has 2 aliphatic heterocycles. The molecule has 2 heterocycles. The van der Waals surface area contributed by atoms with Crippen LogP contribution < -0.4 is 14.8 Å². The maximum atomic E-state index is 12.7. The fourth-order valence-electron chi connectivity index (χ4n) is 4.39. The first kappa shape index (κ1) is 21.9. The number of ether oxygens (including phenoxy) is 2. The maximum Gasteiger partial charge on any atom is 0.220 e. The summed E-state index contributed by atoms with van der Waals surface area (Å²) in [5.41, 5.74) is 1.19. The Morgan fingerprint density at radius 1 is 1.14 bits per heavy atom. The van der Waals surface area contributed by atoms with Crippen LogP contribution in [0.1, 0.15) is 64.4 Å². The molecule has 0 aliphatic carbocycles. The Morgan fingerprint density at radius 2 is 1.90 bits per heavy atom. The van der Waals surface area contributed by atoms with E-state index in [0.29, 0.717) is 25.6 Å². The van der Waals surface area contributed by atoms with E-state index in [-0.39, 0.29) is 11.9 Å². The van der Waals surface area contributed by atoms with Crippen LogP contribution in [-0.2, 0) is 11.2 Å². The van der Waals surface area contributed by atoms with Gasteiger partial charge in [0.05, 0.1) is 0 Å². The topological polar surface area (TPSA) is 50.8 Å². The monoisotopic (exact) mass is 402 g/mol. The van der Waals surface area contributed by atoms with Gasteiger partial charge in [-0.1, -0.05) is 45.6 Å². The van der Waals surface area contributed by atoms with E-state index >= 15 is 0 Å². The van der Waals surface area contributed by atoms with Crippen molar-refractivity contribution < 1.29 is 14.3 Å². The highest BCUT2D eigenvalue weighted by Gasteiger charge is 2.21. The van der Waals surface area contributed by atoms with Gasteiger partial charge in [-0.05, 0) is 56.0 Å². The highest BCUT2D eigenvalue weighted by Crippen LogP contribution is 2.31. The van der Waals surface area contributed by atoms with Gasteiger partial charge in [0, 0.05) is 19.0 Å². The van der Waals surface area contributed by atoms with Crippen molar-refractivity contribution in [1.82, 2.24) is 10.2 Å². The lowest BCUT2D eigenvalue weighted by atomic mass is 9.99. The molecule has 1 unspecified atom stereocenters. The van der Waals surface area contributed by atoms with Gasteiger partial charge in [-0.3, -0.25) is 4.79 Å². The zero-order chi connectivity index (χ0) is 20.5. The van der Waals surface area contributed by atoms with E-state index in [4.69, 9.17) is 9.47 Å². The largest absolute Gasteiger partial charge is 0.486 e. The summed E-state index contributed by atoms with van der Waals surface area (Å²) in [6.07, 6.45) is 8.82. The zero-order valence-electron chi connectivity index (χ0n) is 18.3. The summed E-state index contributed by atoms with van der Waals surface area (Å²) in [6, 6.07) is 6.30. The zero-order valence-corrected chi connectivity index (χ0v) is 18.3. The number of likely N-dealkylation sites (tertiary alicyclic amines) is 1. The van der Waals surface area contributed by atoms with E-state index in [9.17, 15) is 4.79 Å². The van der Waals surface area contributed by atoms with Crippen LogP contribution in [0.25, 0.3) is 0 Å². The Morgan fingerprint density at radius 3 is 2.66 bits per heavy atom. The highest BCUT2D eigenvalue weighted by molar-refractivity contribution is 5.76. The van der Waals surface area contributed by atoms with E-state index in [2.05, 4.69) is 36.2 Å². The van der Waals surface area contributed by atoms with Gasteiger partial charge in [0.25, 0.3) is 0 Å². The predicted molar refractivity (Wildman–Crippen MR) is 117 cm³/mol. The van der Waals surface area contributed by atoms with E-state index in [1.807, 2.05) is 6.07 Å². The molecule has 1 saturated heterocycles. The SMILES string of the molecule is CCCCCC(C)CC(=O)N[C@@H](Cc1ccc2c(c1)OCCO2)CN1CCCC1. The van der Waals surface area contributed by atoms with Gasteiger partial charge in [0.2, 0.25) is 5.91 Å². The van der Waals surface area contributed by atoms with Crippen molar-refractivity contribution >= 4 is 5.91 Å². The number of nitrogens with zero attached hydrogens (tertiary/aromatic N) is 1. The number of benzene rings is 1. The van der Waals surface area contributed by atoms with Crippen molar-refractivity contribution in [3.8, 4) is 11.5 Å². The summed E-state index contributed by atoms with van der Waals surface area (Å²) in [5, 5.41) is 3.34. The summed E-state index contributed by atoms with van der Waals surface area (Å²) in [5.74, 6) is 2.28. The lowest BCUT2D eigenvalue weighted by molar-refractivity contribution is -0.122. The molecule has 3 rings (SSSR count). The second-order valence-corrected chi connectivity index (χ2v) is 8.76.